The van der Waals surface area contributed by atoms with E-state index >= 15 is 0 Å². The van der Waals surface area contributed by atoms with Crippen LogP contribution in [0.3, 0.4) is 0 Å². The molecular weight excluding hydrogens is 376 g/mol. The van der Waals surface area contributed by atoms with E-state index in [0.29, 0.717) is 11.1 Å². The smallest absolute Gasteiger partial charge is 0.336 e. The molecule has 0 heterocycles. The second kappa shape index (κ2) is 9.85. The molecule has 148 valence electrons. The zero-order chi connectivity index (χ0) is 21.3. The molecule has 0 bridgehead atoms. The van der Waals surface area contributed by atoms with Gasteiger partial charge in [-0.25, -0.2) is 9.59 Å². The highest BCUT2D eigenvalue weighted by atomic mass is 16.4. The summed E-state index contributed by atoms with van der Waals surface area (Å²) in [6.07, 6.45) is 0. The molecule has 0 aromatic heterocycles. The lowest BCUT2D eigenvalue weighted by Gasteiger charge is -2.06. The summed E-state index contributed by atoms with van der Waals surface area (Å²) in [6.45, 7) is 0. The van der Waals surface area contributed by atoms with Crippen LogP contribution in [0.1, 0.15) is 20.7 Å². The standard InChI is InChI=1S/C14H10O4.C12H10/c15-13(16)10-7-5-9(6-8-10)11-3-1-2-4-12(11)14(17)18;1-3-7-11(8-4-1)12-9-5-2-6-10-12/h1-8H,(H,15,16)(H,17,18);1-10H. The van der Waals surface area contributed by atoms with E-state index in [1.165, 1.54) is 29.3 Å². The van der Waals surface area contributed by atoms with E-state index in [0.717, 1.165) is 0 Å². The molecule has 0 atom stereocenters. The van der Waals surface area contributed by atoms with Gasteiger partial charge in [0.25, 0.3) is 0 Å². The lowest BCUT2D eigenvalue weighted by atomic mass is 9.99. The van der Waals surface area contributed by atoms with Gasteiger partial charge >= 0.3 is 11.9 Å². The molecule has 0 aliphatic rings. The molecule has 0 saturated heterocycles. The molecule has 30 heavy (non-hydrogen) atoms. The average Bonchev–Trinajstić information content (AvgIpc) is 2.81. The largest absolute Gasteiger partial charge is 0.478 e. The maximum Gasteiger partial charge on any atom is 0.336 e. The summed E-state index contributed by atoms with van der Waals surface area (Å²) in [4.78, 5) is 21.8. The van der Waals surface area contributed by atoms with Crippen molar-refractivity contribution in [1.29, 1.82) is 0 Å². The van der Waals surface area contributed by atoms with Gasteiger partial charge in [0.15, 0.2) is 0 Å². The molecule has 0 aliphatic carbocycles. The molecule has 2 N–H and O–H groups in total. The Labute approximate surface area is 174 Å². The zero-order valence-corrected chi connectivity index (χ0v) is 16.1. The van der Waals surface area contributed by atoms with Gasteiger partial charge in [0.05, 0.1) is 11.1 Å². The van der Waals surface area contributed by atoms with Crippen LogP contribution in [0.2, 0.25) is 0 Å². The van der Waals surface area contributed by atoms with Crippen LogP contribution < -0.4 is 0 Å². The van der Waals surface area contributed by atoms with Gasteiger partial charge in [-0.1, -0.05) is 91.0 Å². The van der Waals surface area contributed by atoms with Crippen molar-refractivity contribution in [2.75, 3.05) is 0 Å². The summed E-state index contributed by atoms with van der Waals surface area (Å²) in [5, 5.41) is 17.9. The minimum absolute atomic E-state index is 0.173. The topological polar surface area (TPSA) is 74.6 Å². The first-order valence-electron chi connectivity index (χ1n) is 9.33. The van der Waals surface area contributed by atoms with Crippen LogP contribution >= 0.6 is 0 Å². The van der Waals surface area contributed by atoms with Crippen molar-refractivity contribution < 1.29 is 19.8 Å². The van der Waals surface area contributed by atoms with Crippen LogP contribution in [0.15, 0.2) is 109 Å². The third kappa shape index (κ3) is 5.20. The minimum Gasteiger partial charge on any atom is -0.478 e. The van der Waals surface area contributed by atoms with E-state index in [1.807, 2.05) is 12.1 Å². The summed E-state index contributed by atoms with van der Waals surface area (Å²) in [5.74, 6) is -2.01. The molecule has 0 spiro atoms. The van der Waals surface area contributed by atoms with Gasteiger partial charge in [0.1, 0.15) is 0 Å². The molecule has 4 nitrogen and oxygen atoms in total. The molecule has 4 heteroatoms. The Bertz CT molecular complexity index is 1080. The van der Waals surface area contributed by atoms with E-state index in [-0.39, 0.29) is 11.1 Å². The third-order valence-corrected chi connectivity index (χ3v) is 4.48. The number of aromatic carboxylic acids is 2. The molecule has 0 amide bonds. The fourth-order valence-electron chi connectivity index (χ4n) is 2.97. The van der Waals surface area contributed by atoms with Gasteiger partial charge in [-0.3, -0.25) is 0 Å². The number of carboxylic acids is 2. The van der Waals surface area contributed by atoms with Crippen molar-refractivity contribution in [3.05, 3.63) is 120 Å². The molecule has 4 rings (SSSR count). The number of hydrogen-bond donors (Lipinski definition) is 2. The lowest BCUT2D eigenvalue weighted by Crippen LogP contribution is -1.99. The molecule has 0 fully saturated rings. The SMILES string of the molecule is O=C(O)c1ccc(-c2ccccc2C(=O)O)cc1.c1ccc(-c2ccccc2)cc1. The van der Waals surface area contributed by atoms with Gasteiger partial charge in [-0.15, -0.1) is 0 Å². The number of carbonyl (C=O) groups is 2. The monoisotopic (exact) mass is 396 g/mol. The van der Waals surface area contributed by atoms with Crippen LogP contribution in [0.4, 0.5) is 0 Å². The van der Waals surface area contributed by atoms with Gasteiger partial charge < -0.3 is 10.2 Å². The predicted octanol–water partition coefficient (Wildman–Crippen LogP) is 6.10. The number of benzene rings is 4. The van der Waals surface area contributed by atoms with Crippen molar-refractivity contribution >= 4 is 11.9 Å². The highest BCUT2D eigenvalue weighted by Crippen LogP contribution is 2.24. The Kier molecular flexibility index (Phi) is 6.74. The Morgan fingerprint density at radius 3 is 1.40 bits per heavy atom. The first kappa shape index (κ1) is 20.6. The molecular formula is C26H20O4. The van der Waals surface area contributed by atoms with Gasteiger partial charge in [-0.2, -0.15) is 0 Å². The average molecular weight is 396 g/mol. The van der Waals surface area contributed by atoms with Crippen molar-refractivity contribution in [1.82, 2.24) is 0 Å². The fourth-order valence-corrected chi connectivity index (χ4v) is 2.97. The highest BCUT2D eigenvalue weighted by Gasteiger charge is 2.11. The molecule has 0 radical (unpaired) electrons. The van der Waals surface area contributed by atoms with E-state index < -0.39 is 11.9 Å². The maximum atomic E-state index is 11.1. The zero-order valence-electron chi connectivity index (χ0n) is 16.1. The van der Waals surface area contributed by atoms with Crippen LogP contribution in [0, 0.1) is 0 Å². The Hall–Kier alpha value is -4.18. The summed E-state index contributed by atoms with van der Waals surface area (Å²) in [7, 11) is 0. The maximum absolute atomic E-state index is 11.1. The third-order valence-electron chi connectivity index (χ3n) is 4.48. The Morgan fingerprint density at radius 1 is 0.467 bits per heavy atom. The quantitative estimate of drug-likeness (QED) is 0.437. The second-order valence-electron chi connectivity index (χ2n) is 6.47. The summed E-state index contributed by atoms with van der Waals surface area (Å²) >= 11 is 0. The van der Waals surface area contributed by atoms with Crippen LogP contribution in [-0.2, 0) is 0 Å². The number of hydrogen-bond acceptors (Lipinski definition) is 2. The first-order chi connectivity index (χ1) is 14.6. The lowest BCUT2D eigenvalue weighted by molar-refractivity contribution is 0.0686. The van der Waals surface area contributed by atoms with Crippen molar-refractivity contribution in [2.45, 2.75) is 0 Å². The van der Waals surface area contributed by atoms with Crippen LogP contribution in [-0.4, -0.2) is 22.2 Å². The molecule has 4 aromatic rings. The summed E-state index contributed by atoms with van der Waals surface area (Å²) in [5.41, 5.74) is 4.17. The van der Waals surface area contributed by atoms with E-state index in [1.54, 1.807) is 30.3 Å². The van der Waals surface area contributed by atoms with Gasteiger partial charge in [0.2, 0.25) is 0 Å². The van der Waals surface area contributed by atoms with Gasteiger partial charge in [-0.05, 0) is 40.5 Å². The second-order valence-corrected chi connectivity index (χ2v) is 6.47. The molecule has 0 saturated carbocycles. The predicted molar refractivity (Wildman–Crippen MR) is 118 cm³/mol. The highest BCUT2D eigenvalue weighted by molar-refractivity contribution is 5.96. The molecule has 0 unspecified atom stereocenters. The normalized spacial score (nSPS) is 9.87. The Balaban J connectivity index is 0.000000184. The fraction of sp³-hybridized carbons (Fsp3) is 0. The van der Waals surface area contributed by atoms with Crippen molar-refractivity contribution in [3.8, 4) is 22.3 Å². The van der Waals surface area contributed by atoms with E-state index in [9.17, 15) is 9.59 Å². The summed E-state index contributed by atoms with van der Waals surface area (Å²) in [6, 6.07) is 33.5. The summed E-state index contributed by atoms with van der Waals surface area (Å²) < 4.78 is 0. The Morgan fingerprint density at radius 2 is 0.933 bits per heavy atom. The van der Waals surface area contributed by atoms with Crippen LogP contribution in [0.5, 0.6) is 0 Å². The molecule has 4 aromatic carbocycles. The van der Waals surface area contributed by atoms with E-state index in [4.69, 9.17) is 10.2 Å². The van der Waals surface area contributed by atoms with Crippen molar-refractivity contribution in [2.24, 2.45) is 0 Å². The number of rotatable bonds is 4. The molecule has 0 aliphatic heterocycles. The van der Waals surface area contributed by atoms with Crippen LogP contribution in [0.25, 0.3) is 22.3 Å². The van der Waals surface area contributed by atoms with Gasteiger partial charge in [0, 0.05) is 0 Å². The number of carboxylic acid groups (broad SMARTS) is 2. The first-order valence-corrected chi connectivity index (χ1v) is 9.33. The minimum atomic E-state index is -1.01. The van der Waals surface area contributed by atoms with E-state index in [2.05, 4.69) is 48.5 Å². The van der Waals surface area contributed by atoms with Crippen molar-refractivity contribution in [3.63, 3.8) is 0 Å².